The van der Waals surface area contributed by atoms with Gasteiger partial charge in [-0.05, 0) is 83.5 Å². The molecule has 1 heterocycles. The molecule has 370 valence electrons. The predicted octanol–water partition coefficient (Wildman–Crippen LogP) is 11.1. The summed E-state index contributed by atoms with van der Waals surface area (Å²) in [7, 11) is -5.07. The molecule has 0 aromatic carbocycles. The third kappa shape index (κ3) is 34.8. The number of aliphatic hydroxyl groups excluding tert-OH is 3. The van der Waals surface area contributed by atoms with Crippen LogP contribution in [0.5, 0.6) is 0 Å². The lowest BCUT2D eigenvalue weighted by Gasteiger charge is -2.41. The smallest absolute Gasteiger partial charge is 0.397 e. The van der Waals surface area contributed by atoms with Gasteiger partial charge < -0.3 is 34.3 Å². The molecule has 13 heteroatoms. The van der Waals surface area contributed by atoms with Crippen LogP contribution in [0.4, 0.5) is 0 Å². The summed E-state index contributed by atoms with van der Waals surface area (Å²) in [5.41, 5.74) is 0. The molecule has 64 heavy (non-hydrogen) atoms. The van der Waals surface area contributed by atoms with Crippen molar-refractivity contribution in [3.63, 3.8) is 0 Å². The van der Waals surface area contributed by atoms with Gasteiger partial charge in [0.1, 0.15) is 30.5 Å². The Labute approximate surface area is 388 Å². The summed E-state index contributed by atoms with van der Waals surface area (Å²) in [4.78, 5) is 12.8. The Kier molecular flexibility index (Phi) is 39.0. The first-order chi connectivity index (χ1) is 31.1. The third-order valence-electron chi connectivity index (χ3n) is 10.8. The number of rotatable bonds is 42. The van der Waals surface area contributed by atoms with Gasteiger partial charge in [0.05, 0.1) is 19.8 Å². The zero-order chi connectivity index (χ0) is 46.8. The van der Waals surface area contributed by atoms with Crippen LogP contribution in [0.3, 0.4) is 0 Å². The average Bonchev–Trinajstić information content (AvgIpc) is 3.27. The van der Waals surface area contributed by atoms with E-state index in [-0.39, 0.29) is 19.6 Å². The highest BCUT2D eigenvalue weighted by atomic mass is 32.3. The van der Waals surface area contributed by atoms with Gasteiger partial charge >= 0.3 is 16.4 Å². The van der Waals surface area contributed by atoms with Crippen molar-refractivity contribution < 1.29 is 56.2 Å². The molecule has 1 aliphatic heterocycles. The Bertz CT molecular complexity index is 1390. The summed E-state index contributed by atoms with van der Waals surface area (Å²) < 4.78 is 59.1. The topological polar surface area (TPSA) is 178 Å². The molecule has 1 aliphatic rings. The molecule has 0 amide bonds. The fourth-order valence-electron chi connectivity index (χ4n) is 7.10. The van der Waals surface area contributed by atoms with Crippen LogP contribution in [0.15, 0.2) is 72.9 Å². The quantitative estimate of drug-likeness (QED) is 0.0197. The van der Waals surface area contributed by atoms with E-state index in [9.17, 15) is 33.1 Å². The van der Waals surface area contributed by atoms with Crippen molar-refractivity contribution >= 4 is 16.4 Å². The zero-order valence-electron chi connectivity index (χ0n) is 39.6. The molecule has 0 aliphatic carbocycles. The lowest BCUT2D eigenvalue weighted by molar-refractivity contribution is -0.301. The number of allylic oxidation sites excluding steroid dienone is 12. The Morgan fingerprint density at radius 2 is 1.08 bits per heavy atom. The maximum Gasteiger partial charge on any atom is 0.397 e. The van der Waals surface area contributed by atoms with Crippen LogP contribution in [0.2, 0.25) is 0 Å². The van der Waals surface area contributed by atoms with Crippen molar-refractivity contribution in [3.05, 3.63) is 72.9 Å². The lowest BCUT2D eigenvalue weighted by Crippen LogP contribution is -2.60. The molecular weight excluding hydrogens is 837 g/mol. The molecule has 0 aromatic heterocycles. The summed E-state index contributed by atoms with van der Waals surface area (Å²) >= 11 is 0. The first kappa shape index (κ1) is 59.6. The average molecular weight is 925 g/mol. The van der Waals surface area contributed by atoms with Crippen molar-refractivity contribution in [1.29, 1.82) is 0 Å². The summed E-state index contributed by atoms with van der Waals surface area (Å²) in [6.45, 7) is 3.80. The number of ether oxygens (including phenoxy) is 4. The standard InChI is InChI=1S/C51H88O12S/c1-3-5-7-9-11-13-15-17-18-19-20-21-22-23-24-25-26-27-29-31-33-35-37-39-41-59-43-45(44-60-51-49(55)50(63-64(56,57)58)48(54)46(42-52)62-51)61-47(53)40-38-36-34-32-30-28-16-14-12-10-8-6-4-2/h6,8,12,14-15,17,19-20,22-23,28,30,45-46,48-52,54-55H,3-5,7,9-11,13,16,18,21,24-27,29,31-44H2,1-2H3,(H,56,57,58)/b8-6-,14-12-,17-15-,20-19-,23-22-,30-28-. The molecule has 0 radical (unpaired) electrons. The van der Waals surface area contributed by atoms with Crippen LogP contribution in [-0.2, 0) is 38.3 Å². The van der Waals surface area contributed by atoms with E-state index >= 15 is 0 Å². The van der Waals surface area contributed by atoms with Gasteiger partial charge in [0, 0.05) is 13.0 Å². The maximum atomic E-state index is 12.8. The van der Waals surface area contributed by atoms with Crippen molar-refractivity contribution in [3.8, 4) is 0 Å². The first-order valence-corrected chi connectivity index (χ1v) is 26.1. The largest absolute Gasteiger partial charge is 0.457 e. The summed E-state index contributed by atoms with van der Waals surface area (Å²) in [5, 5.41) is 30.7. The number of aliphatic hydroxyl groups is 3. The monoisotopic (exact) mass is 925 g/mol. The van der Waals surface area contributed by atoms with Crippen LogP contribution in [0.1, 0.15) is 181 Å². The van der Waals surface area contributed by atoms with Crippen molar-refractivity contribution in [2.75, 3.05) is 26.4 Å². The molecule has 0 saturated carbocycles. The number of unbranched alkanes of at least 4 members (excludes halogenated alkanes) is 17. The summed E-state index contributed by atoms with van der Waals surface area (Å²) in [5.74, 6) is -0.432. The molecule has 6 atom stereocenters. The van der Waals surface area contributed by atoms with Crippen LogP contribution in [0, 0.1) is 0 Å². The molecule has 0 spiro atoms. The second kappa shape index (κ2) is 41.9. The van der Waals surface area contributed by atoms with E-state index in [2.05, 4.69) is 90.9 Å². The first-order valence-electron chi connectivity index (χ1n) is 24.7. The molecule has 0 bridgehead atoms. The number of carbonyl (C=O) groups is 1. The minimum atomic E-state index is -5.07. The lowest BCUT2D eigenvalue weighted by atomic mass is 9.99. The van der Waals surface area contributed by atoms with Gasteiger partial charge in [0.25, 0.3) is 0 Å². The van der Waals surface area contributed by atoms with Gasteiger partial charge in [0.15, 0.2) is 6.29 Å². The van der Waals surface area contributed by atoms with E-state index in [1.165, 1.54) is 77.0 Å². The van der Waals surface area contributed by atoms with Crippen LogP contribution in [0.25, 0.3) is 0 Å². The molecule has 1 saturated heterocycles. The minimum Gasteiger partial charge on any atom is -0.457 e. The number of esters is 1. The Morgan fingerprint density at radius 3 is 1.58 bits per heavy atom. The van der Waals surface area contributed by atoms with Gasteiger partial charge in [-0.15, -0.1) is 0 Å². The van der Waals surface area contributed by atoms with Gasteiger partial charge in [-0.25, -0.2) is 4.18 Å². The van der Waals surface area contributed by atoms with Crippen molar-refractivity contribution in [2.45, 2.75) is 218 Å². The summed E-state index contributed by atoms with van der Waals surface area (Å²) in [6.07, 6.45) is 45.2. The SMILES string of the molecule is CC/C=C\C/C=C\C/C=C\CCCCCC(=O)OC(COCCCCCCCCCCC/C=C\C/C=C\C/C=C\CCCCCCC)COC1OC(CO)C(O)C(OS(=O)(=O)O)C1O. The predicted molar refractivity (Wildman–Crippen MR) is 257 cm³/mol. The molecule has 6 unspecified atom stereocenters. The highest BCUT2D eigenvalue weighted by Crippen LogP contribution is 2.26. The highest BCUT2D eigenvalue weighted by Gasteiger charge is 2.48. The molecule has 1 rings (SSSR count). The van der Waals surface area contributed by atoms with E-state index in [0.717, 1.165) is 77.0 Å². The van der Waals surface area contributed by atoms with Gasteiger partial charge in [0.2, 0.25) is 0 Å². The second-order valence-electron chi connectivity index (χ2n) is 16.7. The molecule has 0 aromatic rings. The van der Waals surface area contributed by atoms with E-state index < -0.39 is 59.8 Å². The van der Waals surface area contributed by atoms with Gasteiger partial charge in [-0.1, -0.05) is 164 Å². The van der Waals surface area contributed by atoms with E-state index in [4.69, 9.17) is 18.9 Å². The van der Waals surface area contributed by atoms with E-state index in [1.807, 2.05) is 0 Å². The fourth-order valence-corrected chi connectivity index (χ4v) is 7.61. The number of hydrogen-bond donors (Lipinski definition) is 4. The van der Waals surface area contributed by atoms with Gasteiger partial charge in [-0.3, -0.25) is 9.35 Å². The molecule has 4 N–H and O–H groups in total. The van der Waals surface area contributed by atoms with Crippen LogP contribution in [-0.4, -0.2) is 97.5 Å². The Balaban J connectivity index is 2.36. The summed E-state index contributed by atoms with van der Waals surface area (Å²) in [6, 6.07) is 0. The van der Waals surface area contributed by atoms with Crippen LogP contribution < -0.4 is 0 Å². The van der Waals surface area contributed by atoms with Gasteiger partial charge in [-0.2, -0.15) is 8.42 Å². The zero-order valence-corrected chi connectivity index (χ0v) is 40.4. The normalized spacial score (nSPS) is 20.4. The third-order valence-corrected chi connectivity index (χ3v) is 11.3. The number of hydrogen-bond acceptors (Lipinski definition) is 11. The van der Waals surface area contributed by atoms with Crippen molar-refractivity contribution in [1.82, 2.24) is 0 Å². The highest BCUT2D eigenvalue weighted by molar-refractivity contribution is 7.80. The Hall–Kier alpha value is -2.46. The Morgan fingerprint density at radius 1 is 0.609 bits per heavy atom. The maximum absolute atomic E-state index is 12.8. The number of carbonyl (C=O) groups excluding carboxylic acids is 1. The second-order valence-corrected chi connectivity index (χ2v) is 17.7. The van der Waals surface area contributed by atoms with E-state index in [1.54, 1.807) is 0 Å². The van der Waals surface area contributed by atoms with Crippen LogP contribution >= 0.6 is 0 Å². The molecule has 1 fully saturated rings. The molecular formula is C51H88O12S. The minimum absolute atomic E-state index is 0.0164. The molecule has 12 nitrogen and oxygen atoms in total. The fraction of sp³-hybridized carbons (Fsp3) is 0.745. The van der Waals surface area contributed by atoms with E-state index in [0.29, 0.717) is 13.0 Å². The van der Waals surface area contributed by atoms with Crippen molar-refractivity contribution in [2.24, 2.45) is 0 Å².